The number of urea groups is 1. The van der Waals surface area contributed by atoms with Gasteiger partial charge in [-0.3, -0.25) is 10.1 Å². The number of benzene rings is 1. The van der Waals surface area contributed by atoms with Crippen LogP contribution >= 0.6 is 22.9 Å². The summed E-state index contributed by atoms with van der Waals surface area (Å²) >= 11 is 7.58. The summed E-state index contributed by atoms with van der Waals surface area (Å²) < 4.78 is 14.7. The number of anilines is 1. The molecule has 172 valence electrons. The lowest BCUT2D eigenvalue weighted by molar-refractivity contribution is -0.125. The van der Waals surface area contributed by atoms with Gasteiger partial charge >= 0.3 is 6.03 Å². The fourth-order valence-corrected chi connectivity index (χ4v) is 4.27. The second-order valence-corrected chi connectivity index (χ2v) is 9.05. The molecule has 2 aromatic heterocycles. The lowest BCUT2D eigenvalue weighted by Gasteiger charge is -2.27. The zero-order valence-corrected chi connectivity index (χ0v) is 19.5. The standard InChI is InChI=1S/C20H20ClFN8O2S/c1-20(2)16(31)27-18(32)30(20)9-8-23-17-24-10-13(21)14(26-17)15-28-29(3)19(33-15)25-12-6-4-11(22)5-7-12/h4-7,10H,8-9H2,1-3H3,(H,23,24,26)(H,27,31,32). The van der Waals surface area contributed by atoms with Gasteiger partial charge in [0.25, 0.3) is 5.91 Å². The first-order valence-corrected chi connectivity index (χ1v) is 11.1. The highest BCUT2D eigenvalue weighted by Gasteiger charge is 2.45. The maximum Gasteiger partial charge on any atom is 0.325 e. The van der Waals surface area contributed by atoms with Crippen molar-refractivity contribution in [2.75, 3.05) is 18.4 Å². The minimum absolute atomic E-state index is 0.277. The minimum atomic E-state index is -0.926. The predicted molar refractivity (Wildman–Crippen MR) is 122 cm³/mol. The number of carbonyl (C=O) groups is 2. The first-order valence-electron chi connectivity index (χ1n) is 9.89. The number of amides is 3. The summed E-state index contributed by atoms with van der Waals surface area (Å²) in [5.74, 6) is -0.374. The highest BCUT2D eigenvalue weighted by molar-refractivity contribution is 7.12. The molecule has 0 spiro atoms. The van der Waals surface area contributed by atoms with E-state index in [0.29, 0.717) is 38.7 Å². The molecule has 3 aromatic rings. The summed E-state index contributed by atoms with van der Waals surface area (Å²) in [4.78, 5) is 39.0. The zero-order chi connectivity index (χ0) is 23.8. The summed E-state index contributed by atoms with van der Waals surface area (Å²) in [6.45, 7) is 3.96. The number of rotatable bonds is 6. The van der Waals surface area contributed by atoms with Gasteiger partial charge in [0.2, 0.25) is 10.7 Å². The molecule has 0 atom stereocenters. The number of nitrogens with zero attached hydrogens (tertiary/aromatic N) is 6. The Kier molecular flexibility index (Phi) is 6.13. The Morgan fingerprint density at radius 3 is 2.67 bits per heavy atom. The van der Waals surface area contributed by atoms with Gasteiger partial charge in [-0.1, -0.05) is 22.9 Å². The van der Waals surface area contributed by atoms with Gasteiger partial charge in [0.15, 0.2) is 5.01 Å². The van der Waals surface area contributed by atoms with E-state index in [1.54, 1.807) is 37.7 Å². The summed E-state index contributed by atoms with van der Waals surface area (Å²) in [5, 5.41) is 10.6. The lowest BCUT2D eigenvalue weighted by Crippen LogP contribution is -2.46. The third-order valence-corrected chi connectivity index (χ3v) is 6.30. The molecule has 1 aliphatic rings. The van der Waals surface area contributed by atoms with E-state index in [0.717, 1.165) is 0 Å². The van der Waals surface area contributed by atoms with Crippen molar-refractivity contribution in [3.63, 3.8) is 0 Å². The van der Waals surface area contributed by atoms with Crippen molar-refractivity contribution in [2.24, 2.45) is 12.0 Å². The third kappa shape index (κ3) is 4.71. The second-order valence-electron chi connectivity index (χ2n) is 7.69. The second kappa shape index (κ2) is 8.87. The highest BCUT2D eigenvalue weighted by Crippen LogP contribution is 2.26. The van der Waals surface area contributed by atoms with Crippen molar-refractivity contribution in [1.82, 2.24) is 30.0 Å². The Hall–Kier alpha value is -3.38. The molecule has 3 amide bonds. The number of nitrogens with one attached hydrogen (secondary N) is 2. The lowest BCUT2D eigenvalue weighted by atomic mass is 10.0. The van der Waals surface area contributed by atoms with E-state index in [2.05, 4.69) is 30.7 Å². The van der Waals surface area contributed by atoms with Crippen LogP contribution in [0.5, 0.6) is 0 Å². The van der Waals surface area contributed by atoms with Crippen molar-refractivity contribution >= 4 is 46.5 Å². The quantitative estimate of drug-likeness (QED) is 0.513. The summed E-state index contributed by atoms with van der Waals surface area (Å²) in [6, 6.07) is 5.39. The number of carbonyl (C=O) groups excluding carboxylic acids is 2. The van der Waals surface area contributed by atoms with Crippen molar-refractivity contribution in [1.29, 1.82) is 0 Å². The van der Waals surface area contributed by atoms with Crippen LogP contribution in [0.4, 0.5) is 20.8 Å². The van der Waals surface area contributed by atoms with Gasteiger partial charge in [-0.25, -0.2) is 28.8 Å². The number of imide groups is 1. The fourth-order valence-electron chi connectivity index (χ4n) is 3.13. The molecule has 33 heavy (non-hydrogen) atoms. The van der Waals surface area contributed by atoms with Crippen LogP contribution in [0.1, 0.15) is 13.8 Å². The van der Waals surface area contributed by atoms with Crippen LogP contribution in [0.3, 0.4) is 0 Å². The van der Waals surface area contributed by atoms with E-state index in [9.17, 15) is 14.0 Å². The maximum atomic E-state index is 13.1. The van der Waals surface area contributed by atoms with E-state index in [4.69, 9.17) is 11.6 Å². The fraction of sp³-hybridized carbons (Fsp3) is 0.300. The zero-order valence-electron chi connectivity index (χ0n) is 18.0. The van der Waals surface area contributed by atoms with Gasteiger partial charge in [-0.2, -0.15) is 5.10 Å². The Balaban J connectivity index is 1.52. The Bertz CT molecular complexity index is 1290. The first-order chi connectivity index (χ1) is 15.6. The van der Waals surface area contributed by atoms with E-state index in [-0.39, 0.29) is 18.3 Å². The molecule has 10 nitrogen and oxygen atoms in total. The molecule has 1 fully saturated rings. The predicted octanol–water partition coefficient (Wildman–Crippen LogP) is 2.71. The maximum absolute atomic E-state index is 13.1. The van der Waals surface area contributed by atoms with Crippen molar-refractivity contribution < 1.29 is 14.0 Å². The number of hydrogen-bond acceptors (Lipinski definition) is 8. The monoisotopic (exact) mass is 490 g/mol. The van der Waals surface area contributed by atoms with Crippen LogP contribution in [-0.2, 0) is 11.8 Å². The van der Waals surface area contributed by atoms with Crippen LogP contribution in [-0.4, -0.2) is 55.2 Å². The van der Waals surface area contributed by atoms with Gasteiger partial charge < -0.3 is 10.2 Å². The molecule has 3 heterocycles. The van der Waals surface area contributed by atoms with Crippen molar-refractivity contribution in [3.8, 4) is 10.7 Å². The molecule has 0 radical (unpaired) electrons. The number of halogens is 2. The van der Waals surface area contributed by atoms with E-state index in [1.165, 1.54) is 34.6 Å². The topological polar surface area (TPSA) is 117 Å². The van der Waals surface area contributed by atoms with Gasteiger partial charge in [0, 0.05) is 20.1 Å². The van der Waals surface area contributed by atoms with Gasteiger partial charge in [0.1, 0.15) is 17.1 Å². The van der Waals surface area contributed by atoms with Gasteiger partial charge in [-0.15, -0.1) is 0 Å². The third-order valence-electron chi connectivity index (χ3n) is 5.02. The molecule has 13 heteroatoms. The summed E-state index contributed by atoms with van der Waals surface area (Å²) in [5.41, 5.74) is 0.0839. The molecule has 0 unspecified atom stereocenters. The molecular weight excluding hydrogens is 471 g/mol. The summed E-state index contributed by atoms with van der Waals surface area (Å²) in [6.07, 6.45) is 1.46. The molecule has 1 saturated heterocycles. The molecule has 4 rings (SSSR count). The Morgan fingerprint density at radius 1 is 1.27 bits per heavy atom. The average molecular weight is 491 g/mol. The molecule has 0 saturated carbocycles. The molecular formula is C20H20ClFN8O2S. The number of hydrogen-bond donors (Lipinski definition) is 2. The van der Waals surface area contributed by atoms with Crippen LogP contribution in [0, 0.1) is 5.82 Å². The number of aryl methyl sites for hydroxylation is 1. The normalized spacial score (nSPS) is 15.8. The van der Waals surface area contributed by atoms with E-state index < -0.39 is 11.6 Å². The molecule has 0 bridgehead atoms. The molecule has 1 aromatic carbocycles. The minimum Gasteiger partial charge on any atom is -0.352 e. The average Bonchev–Trinajstić information content (AvgIpc) is 3.21. The largest absolute Gasteiger partial charge is 0.352 e. The van der Waals surface area contributed by atoms with Gasteiger partial charge in [0.05, 0.1) is 16.9 Å². The van der Waals surface area contributed by atoms with Crippen LogP contribution in [0.2, 0.25) is 5.02 Å². The van der Waals surface area contributed by atoms with E-state index in [1.807, 2.05) is 0 Å². The molecule has 0 aliphatic carbocycles. The van der Waals surface area contributed by atoms with Gasteiger partial charge in [-0.05, 0) is 38.1 Å². The Labute approximate surface area is 197 Å². The van der Waals surface area contributed by atoms with Crippen LogP contribution in [0.25, 0.3) is 10.7 Å². The van der Waals surface area contributed by atoms with Crippen molar-refractivity contribution in [3.05, 3.63) is 46.1 Å². The first kappa shape index (κ1) is 22.8. The smallest absolute Gasteiger partial charge is 0.325 e. The summed E-state index contributed by atoms with van der Waals surface area (Å²) in [7, 11) is 1.74. The molecule has 1 aliphatic heterocycles. The van der Waals surface area contributed by atoms with Crippen LogP contribution < -0.4 is 15.4 Å². The highest BCUT2D eigenvalue weighted by atomic mass is 35.5. The van der Waals surface area contributed by atoms with E-state index >= 15 is 0 Å². The Morgan fingerprint density at radius 2 is 2.00 bits per heavy atom. The SMILES string of the molecule is Cn1nc(-c2nc(NCCN3C(=O)NC(=O)C3(C)C)ncc2Cl)sc1=Nc1ccc(F)cc1. The van der Waals surface area contributed by atoms with Crippen molar-refractivity contribution in [2.45, 2.75) is 19.4 Å². The molecule has 2 N–H and O–H groups in total. The van der Waals surface area contributed by atoms with Crippen LogP contribution in [0.15, 0.2) is 35.5 Å². The number of aromatic nitrogens is 4.